The Morgan fingerprint density at radius 1 is 1.11 bits per heavy atom. The number of nitrogens with zero attached hydrogens (tertiary/aromatic N) is 2. The van der Waals surface area contributed by atoms with Crippen LogP contribution in [-0.2, 0) is 14.8 Å². The van der Waals surface area contributed by atoms with Crippen LogP contribution in [0.5, 0.6) is 0 Å². The molecule has 194 valence electrons. The predicted molar refractivity (Wildman–Crippen MR) is 132 cm³/mol. The number of piperidine rings is 1. The van der Waals surface area contributed by atoms with Gasteiger partial charge in [0, 0.05) is 32.6 Å². The second kappa shape index (κ2) is 9.89. The van der Waals surface area contributed by atoms with E-state index in [1.54, 1.807) is 14.0 Å². The molecule has 0 saturated carbocycles. The molecule has 0 aliphatic carbocycles. The highest BCUT2D eigenvalue weighted by Crippen LogP contribution is 2.42. The van der Waals surface area contributed by atoms with Crippen molar-refractivity contribution in [2.24, 2.45) is 5.92 Å². The van der Waals surface area contributed by atoms with Crippen LogP contribution < -0.4 is 5.32 Å². The van der Waals surface area contributed by atoms with Crippen molar-refractivity contribution in [1.82, 2.24) is 14.5 Å². The number of hydrogen-bond acceptors (Lipinski definition) is 4. The summed E-state index contributed by atoms with van der Waals surface area (Å²) in [4.78, 5) is 28.0. The Balaban J connectivity index is 1.67. The van der Waals surface area contributed by atoms with Gasteiger partial charge in [-0.15, -0.1) is 0 Å². The molecule has 0 bridgehead atoms. The number of hydrogen-bond donors (Lipinski definition) is 1. The first-order chi connectivity index (χ1) is 16.9. The Hall–Kier alpha value is -2.85. The number of rotatable bonds is 7. The highest BCUT2D eigenvalue weighted by molar-refractivity contribution is 7.88. The third-order valence-corrected chi connectivity index (χ3v) is 9.09. The number of carbonyl (C=O) groups excluding carboxylic acids is 2. The molecule has 2 aliphatic heterocycles. The van der Waals surface area contributed by atoms with E-state index in [0.717, 1.165) is 17.9 Å². The van der Waals surface area contributed by atoms with E-state index in [4.69, 9.17) is 0 Å². The zero-order valence-corrected chi connectivity index (χ0v) is 21.4. The first kappa shape index (κ1) is 26.2. The lowest BCUT2D eigenvalue weighted by molar-refractivity contribution is -0.129. The van der Waals surface area contributed by atoms with Crippen molar-refractivity contribution in [3.63, 3.8) is 0 Å². The minimum atomic E-state index is -3.36. The molecule has 10 heteroatoms. The van der Waals surface area contributed by atoms with Crippen LogP contribution in [0.1, 0.15) is 49.3 Å². The van der Waals surface area contributed by atoms with Crippen molar-refractivity contribution in [2.75, 3.05) is 26.4 Å². The molecule has 1 N–H and O–H groups in total. The fraction of sp³-hybridized carbons (Fsp3) is 0.462. The molecule has 2 aliphatic rings. The lowest BCUT2D eigenvalue weighted by Crippen LogP contribution is -2.51. The number of ketones is 1. The number of carbonyl (C=O) groups is 2. The van der Waals surface area contributed by atoms with Gasteiger partial charge >= 0.3 is 6.03 Å². The second-order valence-corrected chi connectivity index (χ2v) is 11.9. The number of urea groups is 1. The van der Waals surface area contributed by atoms with Crippen LogP contribution >= 0.6 is 0 Å². The van der Waals surface area contributed by atoms with Gasteiger partial charge in [0.15, 0.2) is 5.78 Å². The van der Waals surface area contributed by atoms with Gasteiger partial charge in [0.1, 0.15) is 17.2 Å². The number of nitrogens with one attached hydrogen (secondary N) is 1. The summed E-state index contributed by atoms with van der Waals surface area (Å²) in [6, 6.07) is 11.5. The molecule has 2 heterocycles. The molecule has 0 spiro atoms. The quantitative estimate of drug-likeness (QED) is 0.602. The monoisotopic (exact) mass is 519 g/mol. The fourth-order valence-corrected chi connectivity index (χ4v) is 6.40. The summed E-state index contributed by atoms with van der Waals surface area (Å²) in [6.45, 7) is 2.26. The van der Waals surface area contributed by atoms with Crippen molar-refractivity contribution in [2.45, 2.75) is 43.7 Å². The fourth-order valence-electron chi connectivity index (χ4n) is 5.53. The van der Waals surface area contributed by atoms with Gasteiger partial charge in [-0.3, -0.25) is 4.79 Å². The highest BCUT2D eigenvalue weighted by Gasteiger charge is 2.53. The summed E-state index contributed by atoms with van der Waals surface area (Å²) in [6.07, 6.45) is 2.01. The Morgan fingerprint density at radius 3 is 2.25 bits per heavy atom. The largest absolute Gasteiger partial charge is 0.328 e. The van der Waals surface area contributed by atoms with E-state index in [1.165, 1.54) is 21.3 Å². The summed E-state index contributed by atoms with van der Waals surface area (Å²) in [5.74, 6) is -2.42. The van der Waals surface area contributed by atoms with Gasteiger partial charge in [0.05, 0.1) is 12.3 Å². The maximum absolute atomic E-state index is 14.2. The van der Waals surface area contributed by atoms with Crippen LogP contribution in [-0.4, -0.2) is 61.4 Å². The van der Waals surface area contributed by atoms with Crippen LogP contribution in [0.25, 0.3) is 0 Å². The van der Waals surface area contributed by atoms with E-state index >= 15 is 0 Å². The molecular weight excluding hydrogens is 488 g/mol. The van der Waals surface area contributed by atoms with E-state index in [-0.39, 0.29) is 37.2 Å². The zero-order chi connectivity index (χ0) is 26.3. The number of Topliss-reactive ketones (excluding diaryl/α,β-unsaturated/α-hetero) is 1. The van der Waals surface area contributed by atoms with Crippen LogP contribution in [0.4, 0.5) is 13.6 Å². The number of likely N-dealkylation sites (N-methyl/N-ethyl adjacent to an activating group) is 1. The molecule has 0 aromatic heterocycles. The number of halogens is 2. The molecule has 2 aromatic rings. The van der Waals surface area contributed by atoms with Gasteiger partial charge in [0.25, 0.3) is 0 Å². The van der Waals surface area contributed by atoms with E-state index in [1.807, 2.05) is 30.3 Å². The lowest BCUT2D eigenvalue weighted by atomic mass is 9.73. The summed E-state index contributed by atoms with van der Waals surface area (Å²) in [5, 5.41) is 2.90. The van der Waals surface area contributed by atoms with E-state index in [9.17, 15) is 26.8 Å². The van der Waals surface area contributed by atoms with Crippen LogP contribution in [0, 0.1) is 17.6 Å². The molecule has 2 saturated heterocycles. The SMILES string of the molecule is CN1C(=O)N[C@H](c2ccccc2)[C@@]1(C)C(=O)C[C@@H](c1cc(F)cc(F)c1)C1CCN(S(C)(=O)=O)CC1. The van der Waals surface area contributed by atoms with E-state index in [0.29, 0.717) is 18.4 Å². The van der Waals surface area contributed by atoms with Crippen molar-refractivity contribution in [1.29, 1.82) is 0 Å². The molecule has 2 fully saturated rings. The molecule has 3 atom stereocenters. The third kappa shape index (κ3) is 5.01. The van der Waals surface area contributed by atoms with Crippen molar-refractivity contribution in [3.05, 3.63) is 71.3 Å². The summed E-state index contributed by atoms with van der Waals surface area (Å²) in [5.41, 5.74) is -0.0879. The Bertz CT molecular complexity index is 1230. The Labute approximate surface area is 210 Å². The van der Waals surface area contributed by atoms with E-state index in [2.05, 4.69) is 5.32 Å². The molecule has 2 amide bonds. The van der Waals surface area contributed by atoms with Crippen molar-refractivity contribution < 1.29 is 26.8 Å². The predicted octanol–water partition coefficient (Wildman–Crippen LogP) is 3.83. The molecule has 4 rings (SSSR count). The zero-order valence-electron chi connectivity index (χ0n) is 20.6. The first-order valence-electron chi connectivity index (χ1n) is 11.9. The van der Waals surface area contributed by atoms with Gasteiger partial charge in [-0.05, 0) is 54.9 Å². The molecule has 0 radical (unpaired) electrons. The van der Waals surface area contributed by atoms with Gasteiger partial charge in [-0.25, -0.2) is 26.3 Å². The van der Waals surface area contributed by atoms with Gasteiger partial charge in [-0.2, -0.15) is 0 Å². The molecule has 2 aromatic carbocycles. The van der Waals surface area contributed by atoms with Crippen LogP contribution in [0.2, 0.25) is 0 Å². The molecular formula is C26H31F2N3O4S. The number of benzene rings is 2. The van der Waals surface area contributed by atoms with Crippen LogP contribution in [0.3, 0.4) is 0 Å². The average Bonchev–Trinajstić information content (AvgIpc) is 3.07. The third-order valence-electron chi connectivity index (χ3n) is 7.78. The van der Waals surface area contributed by atoms with Crippen molar-refractivity contribution >= 4 is 21.8 Å². The molecule has 36 heavy (non-hydrogen) atoms. The van der Waals surface area contributed by atoms with Gasteiger partial charge in [-0.1, -0.05) is 30.3 Å². The Kier molecular flexibility index (Phi) is 7.21. The second-order valence-electron chi connectivity index (χ2n) is 9.94. The Morgan fingerprint density at radius 2 is 1.69 bits per heavy atom. The van der Waals surface area contributed by atoms with Gasteiger partial charge in [0.2, 0.25) is 10.0 Å². The number of amides is 2. The minimum Gasteiger partial charge on any atom is -0.328 e. The highest BCUT2D eigenvalue weighted by atomic mass is 32.2. The number of sulfonamides is 1. The molecule has 7 nitrogen and oxygen atoms in total. The standard InChI is InChI=1S/C26H31F2N3O4S/c1-26(24(29-25(33)30(26)2)18-7-5-4-6-8-18)23(32)16-22(19-13-20(27)15-21(28)14-19)17-9-11-31(12-10-17)36(3,34)35/h4-8,13-15,17,22,24H,9-12,16H2,1-3H3,(H,29,33)/t22-,24-,26-/m1/s1. The summed E-state index contributed by atoms with van der Waals surface area (Å²) in [7, 11) is -1.79. The van der Waals surface area contributed by atoms with E-state index < -0.39 is 39.2 Å². The summed E-state index contributed by atoms with van der Waals surface area (Å²) < 4.78 is 53.8. The first-order valence-corrected chi connectivity index (χ1v) is 13.8. The minimum absolute atomic E-state index is 0.0500. The smallest absolute Gasteiger partial charge is 0.318 e. The average molecular weight is 520 g/mol. The van der Waals surface area contributed by atoms with Crippen molar-refractivity contribution in [3.8, 4) is 0 Å². The maximum atomic E-state index is 14.2. The summed E-state index contributed by atoms with van der Waals surface area (Å²) >= 11 is 0. The topological polar surface area (TPSA) is 86.8 Å². The lowest BCUT2D eigenvalue weighted by Gasteiger charge is -2.38. The molecule has 0 unspecified atom stereocenters. The normalized spacial score (nSPS) is 24.5. The van der Waals surface area contributed by atoms with Crippen LogP contribution in [0.15, 0.2) is 48.5 Å². The maximum Gasteiger partial charge on any atom is 0.318 e. The van der Waals surface area contributed by atoms with Gasteiger partial charge < -0.3 is 10.2 Å².